The Labute approximate surface area is 144 Å². The number of carboxylic acids is 1. The Hall–Kier alpha value is -3.35. The van der Waals surface area contributed by atoms with Gasteiger partial charge in [0.25, 0.3) is 5.91 Å². The van der Waals surface area contributed by atoms with Crippen LogP contribution in [0.15, 0.2) is 48.5 Å². The fourth-order valence-corrected chi connectivity index (χ4v) is 2.02. The van der Waals surface area contributed by atoms with Crippen molar-refractivity contribution in [3.63, 3.8) is 0 Å². The van der Waals surface area contributed by atoms with Crippen LogP contribution in [0.2, 0.25) is 0 Å². The van der Waals surface area contributed by atoms with Gasteiger partial charge in [0.05, 0.1) is 11.7 Å². The number of hydrogen-bond donors (Lipinski definition) is 1. The molecule has 0 aromatic heterocycles. The molecule has 7 nitrogen and oxygen atoms in total. The van der Waals surface area contributed by atoms with Crippen LogP contribution in [-0.4, -0.2) is 23.9 Å². The number of carbonyl (C=O) groups excluding carboxylic acids is 3. The zero-order valence-corrected chi connectivity index (χ0v) is 13.6. The summed E-state index contributed by atoms with van der Waals surface area (Å²) in [4.78, 5) is 34.4. The van der Waals surface area contributed by atoms with E-state index in [2.05, 4.69) is 5.32 Å². The van der Waals surface area contributed by atoms with E-state index in [9.17, 15) is 19.5 Å². The molecule has 0 aliphatic rings. The predicted octanol–water partition coefficient (Wildman–Crippen LogP) is 1.38. The van der Waals surface area contributed by atoms with E-state index in [0.717, 1.165) is 6.07 Å². The largest absolute Gasteiger partial charge is 0.545 e. The zero-order chi connectivity index (χ0) is 18.4. The Balaban J connectivity index is 2.13. The Morgan fingerprint density at radius 2 is 1.72 bits per heavy atom. The lowest BCUT2D eigenvalue weighted by molar-refractivity contribution is -0.254. The van der Waals surface area contributed by atoms with Crippen molar-refractivity contribution in [3.05, 3.63) is 54.1 Å². The number of benzene rings is 2. The highest BCUT2D eigenvalue weighted by molar-refractivity contribution is 6.01. The van der Waals surface area contributed by atoms with Crippen LogP contribution < -0.4 is 19.9 Å². The quantitative estimate of drug-likeness (QED) is 0.628. The summed E-state index contributed by atoms with van der Waals surface area (Å²) < 4.78 is 10.3. The zero-order valence-electron chi connectivity index (χ0n) is 13.6. The van der Waals surface area contributed by atoms with Gasteiger partial charge in [-0.25, -0.2) is 0 Å². The molecule has 0 aliphatic carbocycles. The van der Waals surface area contributed by atoms with Gasteiger partial charge in [0.15, 0.2) is 6.10 Å². The van der Waals surface area contributed by atoms with Crippen molar-refractivity contribution in [3.8, 4) is 11.5 Å². The Bertz CT molecular complexity index is 787. The third-order valence-corrected chi connectivity index (χ3v) is 3.16. The monoisotopic (exact) mass is 342 g/mol. The molecule has 0 heterocycles. The van der Waals surface area contributed by atoms with Crippen molar-refractivity contribution in [1.82, 2.24) is 0 Å². The van der Waals surface area contributed by atoms with Crippen molar-refractivity contribution in [2.45, 2.75) is 20.0 Å². The van der Waals surface area contributed by atoms with Crippen molar-refractivity contribution < 1.29 is 29.0 Å². The van der Waals surface area contributed by atoms with Crippen molar-refractivity contribution in [2.24, 2.45) is 0 Å². The maximum Gasteiger partial charge on any atom is 0.308 e. The first-order chi connectivity index (χ1) is 11.9. The van der Waals surface area contributed by atoms with Crippen LogP contribution in [0.1, 0.15) is 24.2 Å². The molecule has 0 unspecified atom stereocenters. The fourth-order valence-electron chi connectivity index (χ4n) is 2.02. The summed E-state index contributed by atoms with van der Waals surface area (Å²) in [6, 6.07) is 12.5. The standard InChI is InChI=1S/C18H17NO6/c1-11(24-13-6-4-3-5-7-13)17(21)19-16-9-8-14(25-12(2)20)10-15(16)18(22)23/h3-11H,1-2H3,(H,19,21)(H,22,23)/p-1/t11-/m0/s1. The lowest BCUT2D eigenvalue weighted by Gasteiger charge is -2.17. The molecule has 7 heteroatoms. The fraction of sp³-hybridized carbons (Fsp3) is 0.167. The van der Waals surface area contributed by atoms with Crippen LogP contribution in [0.4, 0.5) is 5.69 Å². The van der Waals surface area contributed by atoms with Gasteiger partial charge in [-0.2, -0.15) is 0 Å². The minimum atomic E-state index is -1.51. The number of hydrogen-bond acceptors (Lipinski definition) is 6. The molecule has 1 atom stereocenters. The molecule has 0 aliphatic heterocycles. The molecule has 0 bridgehead atoms. The average Bonchev–Trinajstić information content (AvgIpc) is 2.56. The summed E-state index contributed by atoms with van der Waals surface area (Å²) >= 11 is 0. The number of carboxylic acid groups (broad SMARTS) is 1. The van der Waals surface area contributed by atoms with Crippen molar-refractivity contribution >= 4 is 23.5 Å². The van der Waals surface area contributed by atoms with Crippen LogP contribution in [0.5, 0.6) is 11.5 Å². The predicted molar refractivity (Wildman–Crippen MR) is 87.2 cm³/mol. The number of nitrogens with one attached hydrogen (secondary N) is 1. The van der Waals surface area contributed by atoms with Gasteiger partial charge in [0.1, 0.15) is 11.5 Å². The Morgan fingerprint density at radius 1 is 1.04 bits per heavy atom. The summed E-state index contributed by atoms with van der Waals surface area (Å²) in [5, 5.41) is 13.7. The molecule has 0 fully saturated rings. The second-order valence-electron chi connectivity index (χ2n) is 5.15. The van der Waals surface area contributed by atoms with E-state index in [1.165, 1.54) is 26.0 Å². The van der Waals surface area contributed by atoms with Gasteiger partial charge in [-0.1, -0.05) is 18.2 Å². The SMILES string of the molecule is CC(=O)Oc1ccc(NC(=O)[C@H](C)Oc2ccccc2)c(C(=O)[O-])c1. The summed E-state index contributed by atoms with van der Waals surface area (Å²) in [7, 11) is 0. The van der Waals surface area contributed by atoms with E-state index in [0.29, 0.717) is 5.75 Å². The number of rotatable bonds is 6. The molecule has 130 valence electrons. The third kappa shape index (κ3) is 5.07. The molecule has 2 aromatic carbocycles. The molecule has 25 heavy (non-hydrogen) atoms. The molecule has 0 saturated heterocycles. The van der Waals surface area contributed by atoms with Crippen LogP contribution in [0.3, 0.4) is 0 Å². The summed E-state index contributed by atoms with van der Waals surface area (Å²) in [5.41, 5.74) is -0.288. The molecule has 0 saturated carbocycles. The first-order valence-electron chi connectivity index (χ1n) is 7.43. The number of aromatic carboxylic acids is 1. The van der Waals surface area contributed by atoms with E-state index in [-0.39, 0.29) is 17.0 Å². The number of carbonyl (C=O) groups is 3. The molecule has 0 spiro atoms. The maximum atomic E-state index is 12.2. The van der Waals surface area contributed by atoms with Gasteiger partial charge in [-0.05, 0) is 37.3 Å². The minimum Gasteiger partial charge on any atom is -0.545 e. The van der Waals surface area contributed by atoms with E-state index >= 15 is 0 Å². The molecular weight excluding hydrogens is 326 g/mol. The number of esters is 1. The second-order valence-corrected chi connectivity index (χ2v) is 5.15. The van der Waals surface area contributed by atoms with Gasteiger partial charge >= 0.3 is 5.97 Å². The highest BCUT2D eigenvalue weighted by Crippen LogP contribution is 2.22. The maximum absolute atomic E-state index is 12.2. The van der Waals surface area contributed by atoms with E-state index in [1.54, 1.807) is 24.3 Å². The van der Waals surface area contributed by atoms with E-state index < -0.39 is 23.9 Å². The van der Waals surface area contributed by atoms with Crippen LogP contribution in [0.25, 0.3) is 0 Å². The van der Waals surface area contributed by atoms with Crippen molar-refractivity contribution in [2.75, 3.05) is 5.32 Å². The molecule has 1 N–H and O–H groups in total. The first-order valence-corrected chi connectivity index (χ1v) is 7.43. The van der Waals surface area contributed by atoms with Gasteiger partial charge in [-0.15, -0.1) is 0 Å². The topological polar surface area (TPSA) is 105 Å². The Morgan fingerprint density at radius 3 is 2.32 bits per heavy atom. The number of para-hydroxylation sites is 1. The lowest BCUT2D eigenvalue weighted by Crippen LogP contribution is -2.32. The summed E-state index contributed by atoms with van der Waals surface area (Å²) in [6.45, 7) is 2.73. The van der Waals surface area contributed by atoms with Gasteiger partial charge < -0.3 is 24.7 Å². The first kappa shape index (κ1) is 18.0. The van der Waals surface area contributed by atoms with Crippen LogP contribution in [-0.2, 0) is 9.59 Å². The van der Waals surface area contributed by atoms with Gasteiger partial charge in [-0.3, -0.25) is 9.59 Å². The van der Waals surface area contributed by atoms with Crippen molar-refractivity contribution in [1.29, 1.82) is 0 Å². The van der Waals surface area contributed by atoms with E-state index in [4.69, 9.17) is 9.47 Å². The number of ether oxygens (including phenoxy) is 2. The van der Waals surface area contributed by atoms with Gasteiger partial charge in [0.2, 0.25) is 0 Å². The highest BCUT2D eigenvalue weighted by atomic mass is 16.5. The Kier molecular flexibility index (Phi) is 5.73. The molecule has 0 radical (unpaired) electrons. The molecule has 1 amide bonds. The molecule has 2 rings (SSSR count). The summed E-state index contributed by atoms with van der Waals surface area (Å²) in [5.74, 6) is -2.09. The molecule has 2 aromatic rings. The van der Waals surface area contributed by atoms with Crippen LogP contribution >= 0.6 is 0 Å². The average molecular weight is 342 g/mol. The lowest BCUT2D eigenvalue weighted by atomic mass is 10.1. The number of amides is 1. The molecular formula is C18H16NO6-. The smallest absolute Gasteiger partial charge is 0.308 e. The van der Waals surface area contributed by atoms with Crippen LogP contribution in [0, 0.1) is 0 Å². The normalized spacial score (nSPS) is 11.3. The highest BCUT2D eigenvalue weighted by Gasteiger charge is 2.17. The summed E-state index contributed by atoms with van der Waals surface area (Å²) in [6.07, 6.45) is -0.856. The number of anilines is 1. The third-order valence-electron chi connectivity index (χ3n) is 3.16. The minimum absolute atomic E-state index is 0.0180. The second kappa shape index (κ2) is 7.96. The van der Waals surface area contributed by atoms with Gasteiger partial charge in [0, 0.05) is 12.5 Å². The van der Waals surface area contributed by atoms with E-state index in [1.807, 2.05) is 6.07 Å².